The van der Waals surface area contributed by atoms with Crippen LogP contribution in [0.4, 0.5) is 0 Å². The monoisotopic (exact) mass is 376 g/mol. The van der Waals surface area contributed by atoms with Gasteiger partial charge in [-0.15, -0.1) is 0 Å². The van der Waals surface area contributed by atoms with Crippen LogP contribution in [0.2, 0.25) is 0 Å². The highest BCUT2D eigenvalue weighted by Gasteiger charge is 2.18. The zero-order valence-electron chi connectivity index (χ0n) is 17.4. The fraction of sp³-hybridized carbons (Fsp3) is 0.667. The van der Waals surface area contributed by atoms with E-state index >= 15 is 0 Å². The molecule has 1 aliphatic rings. The molecule has 6 nitrogen and oxygen atoms in total. The Morgan fingerprint density at radius 1 is 1.33 bits per heavy atom. The molecule has 1 heterocycles. The van der Waals surface area contributed by atoms with Crippen molar-refractivity contribution in [3.63, 3.8) is 0 Å². The molecule has 1 fully saturated rings. The summed E-state index contributed by atoms with van der Waals surface area (Å²) in [5.41, 5.74) is 2.33. The summed E-state index contributed by atoms with van der Waals surface area (Å²) in [6.07, 6.45) is 3.58. The molecule has 0 aliphatic carbocycles. The molecule has 1 aromatic rings. The van der Waals surface area contributed by atoms with Crippen molar-refractivity contribution in [3.8, 4) is 5.75 Å². The van der Waals surface area contributed by atoms with Crippen molar-refractivity contribution in [3.05, 3.63) is 29.3 Å². The predicted molar refractivity (Wildman–Crippen MR) is 112 cm³/mol. The first kappa shape index (κ1) is 21.5. The van der Waals surface area contributed by atoms with Crippen LogP contribution < -0.4 is 15.4 Å². The molecular formula is C21H36N4O2. The lowest BCUT2D eigenvalue weighted by molar-refractivity contribution is 0.140. The van der Waals surface area contributed by atoms with E-state index in [9.17, 15) is 0 Å². The lowest BCUT2D eigenvalue weighted by atomic mass is 10.1. The second-order valence-electron chi connectivity index (χ2n) is 7.22. The molecule has 27 heavy (non-hydrogen) atoms. The van der Waals surface area contributed by atoms with Gasteiger partial charge in [0, 0.05) is 38.7 Å². The van der Waals surface area contributed by atoms with E-state index in [1.54, 1.807) is 7.05 Å². The first-order chi connectivity index (χ1) is 13.1. The van der Waals surface area contributed by atoms with Crippen LogP contribution in [0.15, 0.2) is 23.2 Å². The van der Waals surface area contributed by atoms with Crippen molar-refractivity contribution in [2.45, 2.75) is 45.8 Å². The van der Waals surface area contributed by atoms with Gasteiger partial charge in [-0.1, -0.05) is 25.5 Å². The fourth-order valence-electron chi connectivity index (χ4n) is 3.01. The smallest absolute Gasteiger partial charge is 0.191 e. The van der Waals surface area contributed by atoms with E-state index in [0.717, 1.165) is 49.9 Å². The standard InChI is InChI=1S/C21H36N4O2/c1-5-6-11-25(4)12-10-23-21(22-3)24-15-18-8-7-17(2)14-20(18)27-19-9-13-26-16-19/h7-8,14,19H,5-6,9-13,15-16H2,1-4H3,(H2,22,23,24). The summed E-state index contributed by atoms with van der Waals surface area (Å²) in [5.74, 6) is 1.75. The highest BCUT2D eigenvalue weighted by molar-refractivity contribution is 5.79. The Balaban J connectivity index is 1.82. The van der Waals surface area contributed by atoms with Gasteiger partial charge in [-0.25, -0.2) is 0 Å². The third kappa shape index (κ3) is 7.77. The van der Waals surface area contributed by atoms with E-state index in [1.807, 2.05) is 0 Å². The van der Waals surface area contributed by atoms with Gasteiger partial charge in [0.1, 0.15) is 11.9 Å². The number of hydrogen-bond donors (Lipinski definition) is 2. The maximum Gasteiger partial charge on any atom is 0.191 e. The summed E-state index contributed by atoms with van der Waals surface area (Å²) in [5, 5.41) is 6.78. The molecule has 0 bridgehead atoms. The van der Waals surface area contributed by atoms with Crippen molar-refractivity contribution in [2.75, 3.05) is 46.9 Å². The Hall–Kier alpha value is -1.79. The van der Waals surface area contributed by atoms with E-state index in [1.165, 1.54) is 18.4 Å². The molecule has 2 rings (SSSR count). The molecule has 1 saturated heterocycles. The van der Waals surface area contributed by atoms with Gasteiger partial charge in [0.15, 0.2) is 5.96 Å². The van der Waals surface area contributed by atoms with Gasteiger partial charge < -0.3 is 25.0 Å². The summed E-state index contributed by atoms with van der Waals surface area (Å²) in [6, 6.07) is 6.35. The van der Waals surface area contributed by atoms with Crippen LogP contribution in [0.5, 0.6) is 5.75 Å². The van der Waals surface area contributed by atoms with Crippen LogP contribution in [-0.2, 0) is 11.3 Å². The third-order valence-corrected chi connectivity index (χ3v) is 4.75. The molecule has 0 amide bonds. The van der Waals surface area contributed by atoms with E-state index in [0.29, 0.717) is 13.2 Å². The first-order valence-corrected chi connectivity index (χ1v) is 10.1. The second-order valence-corrected chi connectivity index (χ2v) is 7.22. The molecule has 0 saturated carbocycles. The second kappa shape index (κ2) is 11.8. The fourth-order valence-corrected chi connectivity index (χ4v) is 3.01. The minimum atomic E-state index is 0.154. The lowest BCUT2D eigenvalue weighted by Gasteiger charge is -2.19. The molecule has 0 aromatic heterocycles. The SMILES string of the molecule is CCCCN(C)CCNC(=NC)NCc1ccc(C)cc1OC1CCOC1. The lowest BCUT2D eigenvalue weighted by Crippen LogP contribution is -2.40. The molecule has 1 aromatic carbocycles. The summed E-state index contributed by atoms with van der Waals surface area (Å²) < 4.78 is 11.6. The number of hydrogen-bond acceptors (Lipinski definition) is 4. The minimum Gasteiger partial charge on any atom is -0.488 e. The van der Waals surface area contributed by atoms with E-state index in [4.69, 9.17) is 9.47 Å². The molecular weight excluding hydrogens is 340 g/mol. The van der Waals surface area contributed by atoms with Gasteiger partial charge in [0.25, 0.3) is 0 Å². The Morgan fingerprint density at radius 2 is 2.19 bits per heavy atom. The molecule has 1 unspecified atom stereocenters. The van der Waals surface area contributed by atoms with Gasteiger partial charge in [0.2, 0.25) is 0 Å². The van der Waals surface area contributed by atoms with Crippen molar-refractivity contribution >= 4 is 5.96 Å². The summed E-state index contributed by atoms with van der Waals surface area (Å²) in [7, 11) is 3.97. The molecule has 1 aliphatic heterocycles. The average molecular weight is 377 g/mol. The maximum absolute atomic E-state index is 6.17. The summed E-state index contributed by atoms with van der Waals surface area (Å²) in [6.45, 7) is 9.46. The van der Waals surface area contributed by atoms with Crippen LogP contribution in [0, 0.1) is 6.92 Å². The number of nitrogens with one attached hydrogen (secondary N) is 2. The average Bonchev–Trinajstić information content (AvgIpc) is 3.17. The zero-order chi connectivity index (χ0) is 19.5. The van der Waals surface area contributed by atoms with Gasteiger partial charge in [-0.05, 0) is 38.6 Å². The Labute approximate surface area is 164 Å². The van der Waals surface area contributed by atoms with Gasteiger partial charge in [-0.3, -0.25) is 4.99 Å². The highest BCUT2D eigenvalue weighted by atomic mass is 16.5. The summed E-state index contributed by atoms with van der Waals surface area (Å²) >= 11 is 0. The third-order valence-electron chi connectivity index (χ3n) is 4.75. The van der Waals surface area contributed by atoms with Crippen LogP contribution in [0.1, 0.15) is 37.3 Å². The van der Waals surface area contributed by atoms with Gasteiger partial charge in [-0.2, -0.15) is 0 Å². The van der Waals surface area contributed by atoms with Crippen LogP contribution in [0.25, 0.3) is 0 Å². The van der Waals surface area contributed by atoms with Crippen molar-refractivity contribution in [1.29, 1.82) is 0 Å². The van der Waals surface area contributed by atoms with E-state index in [-0.39, 0.29) is 6.10 Å². The normalized spacial score (nSPS) is 17.4. The van der Waals surface area contributed by atoms with Gasteiger partial charge in [0.05, 0.1) is 13.2 Å². The number of benzene rings is 1. The van der Waals surface area contributed by atoms with E-state index < -0.39 is 0 Å². The zero-order valence-corrected chi connectivity index (χ0v) is 17.4. The number of guanidine groups is 1. The number of unbranched alkanes of at least 4 members (excludes halogenated alkanes) is 1. The molecule has 0 spiro atoms. The van der Waals surface area contributed by atoms with Crippen molar-refractivity contribution in [1.82, 2.24) is 15.5 Å². The van der Waals surface area contributed by atoms with Crippen LogP contribution >= 0.6 is 0 Å². The number of aryl methyl sites for hydroxylation is 1. The predicted octanol–water partition coefficient (Wildman–Crippen LogP) is 2.56. The molecule has 1 atom stereocenters. The van der Waals surface area contributed by atoms with Crippen LogP contribution in [0.3, 0.4) is 0 Å². The molecule has 152 valence electrons. The Morgan fingerprint density at radius 3 is 2.89 bits per heavy atom. The summed E-state index contributed by atoms with van der Waals surface area (Å²) in [4.78, 5) is 6.67. The number of aliphatic imine (C=N–C) groups is 1. The number of rotatable bonds is 10. The number of nitrogens with zero attached hydrogens (tertiary/aromatic N) is 2. The largest absolute Gasteiger partial charge is 0.488 e. The topological polar surface area (TPSA) is 58.1 Å². The van der Waals surface area contributed by atoms with Crippen molar-refractivity contribution in [2.24, 2.45) is 4.99 Å². The Bertz CT molecular complexity index is 586. The highest BCUT2D eigenvalue weighted by Crippen LogP contribution is 2.23. The number of likely N-dealkylation sites (N-methyl/N-ethyl adjacent to an activating group) is 1. The van der Waals surface area contributed by atoms with Gasteiger partial charge >= 0.3 is 0 Å². The van der Waals surface area contributed by atoms with Crippen molar-refractivity contribution < 1.29 is 9.47 Å². The molecule has 0 radical (unpaired) electrons. The maximum atomic E-state index is 6.17. The quantitative estimate of drug-likeness (QED) is 0.485. The molecule has 2 N–H and O–H groups in total. The van der Waals surface area contributed by atoms with Crippen LogP contribution in [-0.4, -0.2) is 63.9 Å². The van der Waals surface area contributed by atoms with E-state index in [2.05, 4.69) is 59.6 Å². The first-order valence-electron chi connectivity index (χ1n) is 10.1. The minimum absolute atomic E-state index is 0.154. The molecule has 6 heteroatoms. The number of ether oxygens (including phenoxy) is 2. The Kier molecular flexibility index (Phi) is 9.42.